The van der Waals surface area contributed by atoms with Crippen molar-refractivity contribution in [3.63, 3.8) is 0 Å². The van der Waals surface area contributed by atoms with E-state index in [9.17, 15) is 4.79 Å². The molecule has 0 aromatic heterocycles. The van der Waals surface area contributed by atoms with Gasteiger partial charge in [0.15, 0.2) is 0 Å². The third kappa shape index (κ3) is 4.10. The molecule has 104 valence electrons. The predicted octanol–water partition coefficient (Wildman–Crippen LogP) is 4.12. The maximum absolute atomic E-state index is 11.8. The maximum Gasteiger partial charge on any atom is 0.243 e. The molecule has 0 bridgehead atoms. The SMILES string of the molecule is Cc1ccc(NC(=O)CNc2ccc(C)c(Br)c2)cc1. The van der Waals surface area contributed by atoms with Crippen LogP contribution >= 0.6 is 15.9 Å². The van der Waals surface area contributed by atoms with Crippen LogP contribution in [0.3, 0.4) is 0 Å². The largest absolute Gasteiger partial charge is 0.376 e. The van der Waals surface area contributed by atoms with Gasteiger partial charge in [-0.25, -0.2) is 0 Å². The summed E-state index contributed by atoms with van der Waals surface area (Å²) in [5.74, 6) is -0.0643. The smallest absolute Gasteiger partial charge is 0.243 e. The highest BCUT2D eigenvalue weighted by molar-refractivity contribution is 9.10. The molecule has 1 amide bonds. The Hall–Kier alpha value is -1.81. The first kappa shape index (κ1) is 14.6. The molecule has 0 fully saturated rings. The van der Waals surface area contributed by atoms with Crippen molar-refractivity contribution < 1.29 is 4.79 Å². The minimum Gasteiger partial charge on any atom is -0.376 e. The van der Waals surface area contributed by atoms with E-state index in [4.69, 9.17) is 0 Å². The zero-order chi connectivity index (χ0) is 14.5. The van der Waals surface area contributed by atoms with Crippen molar-refractivity contribution in [2.24, 2.45) is 0 Å². The summed E-state index contributed by atoms with van der Waals surface area (Å²) in [4.78, 5) is 11.8. The summed E-state index contributed by atoms with van der Waals surface area (Å²) in [6.07, 6.45) is 0. The van der Waals surface area contributed by atoms with Crippen molar-refractivity contribution in [3.8, 4) is 0 Å². The van der Waals surface area contributed by atoms with Crippen LogP contribution in [0.2, 0.25) is 0 Å². The normalized spacial score (nSPS) is 10.2. The van der Waals surface area contributed by atoms with Crippen LogP contribution in [0.1, 0.15) is 11.1 Å². The predicted molar refractivity (Wildman–Crippen MR) is 87.2 cm³/mol. The molecular weight excluding hydrogens is 316 g/mol. The van der Waals surface area contributed by atoms with Gasteiger partial charge in [-0.2, -0.15) is 0 Å². The van der Waals surface area contributed by atoms with Crippen LogP contribution in [-0.2, 0) is 4.79 Å². The van der Waals surface area contributed by atoms with Gasteiger partial charge in [-0.1, -0.05) is 39.7 Å². The van der Waals surface area contributed by atoms with Gasteiger partial charge in [-0.3, -0.25) is 4.79 Å². The van der Waals surface area contributed by atoms with Crippen LogP contribution in [0.5, 0.6) is 0 Å². The summed E-state index contributed by atoms with van der Waals surface area (Å²) < 4.78 is 1.03. The first-order valence-electron chi connectivity index (χ1n) is 6.41. The first-order valence-corrected chi connectivity index (χ1v) is 7.20. The third-order valence-corrected chi connectivity index (χ3v) is 3.81. The van der Waals surface area contributed by atoms with Gasteiger partial charge in [0.1, 0.15) is 0 Å². The molecule has 0 saturated carbocycles. The number of hydrogen-bond donors (Lipinski definition) is 2. The molecule has 0 unspecified atom stereocenters. The number of halogens is 1. The molecule has 0 spiro atoms. The molecule has 20 heavy (non-hydrogen) atoms. The van der Waals surface area contributed by atoms with E-state index in [-0.39, 0.29) is 12.5 Å². The average Bonchev–Trinajstić information content (AvgIpc) is 2.43. The van der Waals surface area contributed by atoms with Crippen LogP contribution in [0.4, 0.5) is 11.4 Å². The highest BCUT2D eigenvalue weighted by Crippen LogP contribution is 2.20. The molecule has 0 saturated heterocycles. The van der Waals surface area contributed by atoms with Crippen molar-refractivity contribution in [2.75, 3.05) is 17.2 Å². The van der Waals surface area contributed by atoms with Gasteiger partial charge < -0.3 is 10.6 Å². The Morgan fingerprint density at radius 1 is 1.05 bits per heavy atom. The lowest BCUT2D eigenvalue weighted by Gasteiger charge is -2.09. The maximum atomic E-state index is 11.8. The van der Waals surface area contributed by atoms with E-state index in [1.54, 1.807) is 0 Å². The fourth-order valence-corrected chi connectivity index (χ4v) is 2.11. The van der Waals surface area contributed by atoms with Crippen LogP contribution in [0.15, 0.2) is 46.9 Å². The highest BCUT2D eigenvalue weighted by atomic mass is 79.9. The molecule has 2 aromatic rings. The van der Waals surface area contributed by atoms with E-state index in [0.29, 0.717) is 0 Å². The highest BCUT2D eigenvalue weighted by Gasteiger charge is 2.03. The van der Waals surface area contributed by atoms with Crippen LogP contribution in [0, 0.1) is 13.8 Å². The van der Waals surface area contributed by atoms with Crippen molar-refractivity contribution in [3.05, 3.63) is 58.1 Å². The Morgan fingerprint density at radius 3 is 2.35 bits per heavy atom. The van der Waals surface area contributed by atoms with Crippen molar-refractivity contribution in [1.29, 1.82) is 0 Å². The number of rotatable bonds is 4. The van der Waals surface area contributed by atoms with Gasteiger partial charge in [0.2, 0.25) is 5.91 Å². The monoisotopic (exact) mass is 332 g/mol. The fraction of sp³-hybridized carbons (Fsp3) is 0.188. The molecular formula is C16H17BrN2O. The topological polar surface area (TPSA) is 41.1 Å². The second kappa shape index (κ2) is 6.57. The quantitative estimate of drug-likeness (QED) is 0.884. The average molecular weight is 333 g/mol. The molecule has 4 heteroatoms. The lowest BCUT2D eigenvalue weighted by atomic mass is 10.2. The summed E-state index contributed by atoms with van der Waals surface area (Å²) in [6.45, 7) is 4.28. The summed E-state index contributed by atoms with van der Waals surface area (Å²) in [5.41, 5.74) is 4.07. The van der Waals surface area contributed by atoms with Crippen molar-refractivity contribution in [2.45, 2.75) is 13.8 Å². The lowest BCUT2D eigenvalue weighted by Crippen LogP contribution is -2.21. The molecule has 0 heterocycles. The number of carbonyl (C=O) groups excluding carboxylic acids is 1. The van der Waals surface area contributed by atoms with E-state index in [1.165, 1.54) is 11.1 Å². The molecule has 0 aliphatic rings. The van der Waals surface area contributed by atoms with Gasteiger partial charge in [0, 0.05) is 15.8 Å². The molecule has 0 aliphatic carbocycles. The minimum absolute atomic E-state index is 0.0643. The molecule has 2 aromatic carbocycles. The number of anilines is 2. The Labute approximate surface area is 127 Å². The zero-order valence-electron chi connectivity index (χ0n) is 11.5. The lowest BCUT2D eigenvalue weighted by molar-refractivity contribution is -0.114. The minimum atomic E-state index is -0.0643. The van der Waals surface area contributed by atoms with E-state index >= 15 is 0 Å². The third-order valence-electron chi connectivity index (χ3n) is 2.96. The second-order valence-electron chi connectivity index (χ2n) is 4.73. The van der Waals surface area contributed by atoms with Crippen molar-refractivity contribution in [1.82, 2.24) is 0 Å². The van der Waals surface area contributed by atoms with E-state index in [2.05, 4.69) is 26.6 Å². The summed E-state index contributed by atoms with van der Waals surface area (Å²) in [7, 11) is 0. The van der Waals surface area contributed by atoms with Crippen molar-refractivity contribution >= 4 is 33.2 Å². The molecule has 2 N–H and O–H groups in total. The van der Waals surface area contributed by atoms with Crippen LogP contribution < -0.4 is 10.6 Å². The standard InChI is InChI=1S/C16H17BrN2O/c1-11-3-6-13(7-4-11)19-16(20)10-18-14-8-5-12(2)15(17)9-14/h3-9,18H,10H2,1-2H3,(H,19,20). The molecule has 3 nitrogen and oxygen atoms in total. The van der Waals surface area contributed by atoms with Gasteiger partial charge in [-0.05, 0) is 43.7 Å². The fourth-order valence-electron chi connectivity index (χ4n) is 1.73. The Balaban J connectivity index is 1.88. The number of hydrogen-bond acceptors (Lipinski definition) is 2. The van der Waals surface area contributed by atoms with Crippen LogP contribution in [0.25, 0.3) is 0 Å². The molecule has 0 atom stereocenters. The summed E-state index contributed by atoms with van der Waals surface area (Å²) >= 11 is 3.47. The van der Waals surface area contributed by atoms with Gasteiger partial charge in [0.25, 0.3) is 0 Å². The Kier molecular flexibility index (Phi) is 4.79. The number of nitrogens with one attached hydrogen (secondary N) is 2. The zero-order valence-corrected chi connectivity index (χ0v) is 13.1. The van der Waals surface area contributed by atoms with Gasteiger partial charge in [-0.15, -0.1) is 0 Å². The van der Waals surface area contributed by atoms with Gasteiger partial charge >= 0.3 is 0 Å². The van der Waals surface area contributed by atoms with E-state index < -0.39 is 0 Å². The summed E-state index contributed by atoms with van der Waals surface area (Å²) in [5, 5.41) is 5.95. The first-order chi connectivity index (χ1) is 9.54. The molecule has 0 aliphatic heterocycles. The van der Waals surface area contributed by atoms with Crippen LogP contribution in [-0.4, -0.2) is 12.5 Å². The van der Waals surface area contributed by atoms with E-state index in [1.807, 2.05) is 56.3 Å². The van der Waals surface area contributed by atoms with E-state index in [0.717, 1.165) is 15.8 Å². The Bertz CT molecular complexity index is 608. The number of aryl methyl sites for hydroxylation is 2. The summed E-state index contributed by atoms with van der Waals surface area (Å²) in [6, 6.07) is 13.7. The number of carbonyl (C=O) groups is 1. The number of benzene rings is 2. The van der Waals surface area contributed by atoms with Gasteiger partial charge in [0.05, 0.1) is 6.54 Å². The second-order valence-corrected chi connectivity index (χ2v) is 5.59. The molecule has 2 rings (SSSR count). The number of amides is 1. The molecule has 0 radical (unpaired) electrons. The Morgan fingerprint density at radius 2 is 1.70 bits per heavy atom.